The first-order valence-electron chi connectivity index (χ1n) is 10.8. The summed E-state index contributed by atoms with van der Waals surface area (Å²) < 4.78 is 1.80. The van der Waals surface area contributed by atoms with Crippen LogP contribution in [-0.2, 0) is 13.0 Å². The molecule has 0 bridgehead atoms. The van der Waals surface area contributed by atoms with Gasteiger partial charge in [0.1, 0.15) is 0 Å². The van der Waals surface area contributed by atoms with Gasteiger partial charge < -0.3 is 10.4 Å². The van der Waals surface area contributed by atoms with E-state index >= 15 is 0 Å². The molecular formula is C22H32ClN5O2. The summed E-state index contributed by atoms with van der Waals surface area (Å²) >= 11 is 0. The molecule has 1 fully saturated rings. The van der Waals surface area contributed by atoms with Gasteiger partial charge in [0.25, 0.3) is 5.91 Å². The number of rotatable bonds is 6. The number of β-amino-alcohol motifs (C(OH)–C–C–N with tert-alkyl or cyclic N) is 1. The zero-order valence-corrected chi connectivity index (χ0v) is 18.5. The minimum atomic E-state index is -0.127. The van der Waals surface area contributed by atoms with E-state index in [1.54, 1.807) is 4.68 Å². The van der Waals surface area contributed by atoms with Crippen LogP contribution in [0.1, 0.15) is 59.4 Å². The maximum atomic E-state index is 12.7. The van der Waals surface area contributed by atoms with Crippen LogP contribution in [0.4, 0.5) is 0 Å². The topological polar surface area (TPSA) is 83.3 Å². The summed E-state index contributed by atoms with van der Waals surface area (Å²) in [5.74, 6) is 0.462. The van der Waals surface area contributed by atoms with Crippen LogP contribution in [0.3, 0.4) is 0 Å². The number of hydrogen-bond donors (Lipinski definition) is 2. The van der Waals surface area contributed by atoms with E-state index in [-0.39, 0.29) is 24.9 Å². The number of aromatic nitrogens is 3. The van der Waals surface area contributed by atoms with E-state index in [0.29, 0.717) is 18.2 Å². The third-order valence-electron chi connectivity index (χ3n) is 6.35. The summed E-state index contributed by atoms with van der Waals surface area (Å²) in [6.07, 6.45) is 7.16. The molecule has 7 nitrogen and oxygen atoms in total. The van der Waals surface area contributed by atoms with Crippen molar-refractivity contribution in [2.45, 2.75) is 52.0 Å². The predicted octanol–water partition coefficient (Wildman–Crippen LogP) is 2.66. The Balaban J connectivity index is 0.00000256. The quantitative estimate of drug-likeness (QED) is 0.731. The van der Waals surface area contributed by atoms with Gasteiger partial charge in [-0.1, -0.05) is 36.6 Å². The molecule has 8 heteroatoms. The van der Waals surface area contributed by atoms with Crippen LogP contribution in [0.5, 0.6) is 0 Å². The van der Waals surface area contributed by atoms with E-state index in [9.17, 15) is 9.90 Å². The van der Waals surface area contributed by atoms with E-state index in [0.717, 1.165) is 37.4 Å². The summed E-state index contributed by atoms with van der Waals surface area (Å²) in [7, 11) is 0. The summed E-state index contributed by atoms with van der Waals surface area (Å²) in [6, 6.07) is 6.21. The largest absolute Gasteiger partial charge is 0.395 e. The van der Waals surface area contributed by atoms with Crippen molar-refractivity contribution >= 4 is 18.3 Å². The maximum Gasteiger partial charge on any atom is 0.273 e. The summed E-state index contributed by atoms with van der Waals surface area (Å²) in [5, 5.41) is 20.8. The second kappa shape index (κ2) is 10.4. The van der Waals surface area contributed by atoms with Gasteiger partial charge in [0.2, 0.25) is 0 Å². The lowest BCUT2D eigenvalue weighted by Crippen LogP contribution is -2.33. The molecule has 164 valence electrons. The van der Waals surface area contributed by atoms with Crippen molar-refractivity contribution in [2.75, 3.05) is 26.2 Å². The molecule has 1 saturated carbocycles. The zero-order valence-electron chi connectivity index (χ0n) is 17.6. The van der Waals surface area contributed by atoms with E-state index in [2.05, 4.69) is 26.6 Å². The number of carbonyl (C=O) groups is 1. The van der Waals surface area contributed by atoms with Crippen molar-refractivity contribution in [1.29, 1.82) is 0 Å². The lowest BCUT2D eigenvalue weighted by molar-refractivity contribution is 0.0938. The normalized spacial score (nSPS) is 17.3. The number of nitrogens with one attached hydrogen (secondary N) is 1. The fourth-order valence-electron chi connectivity index (χ4n) is 4.66. The zero-order chi connectivity index (χ0) is 20.2. The number of aliphatic hydroxyl groups excluding tert-OH is 1. The van der Waals surface area contributed by atoms with Crippen LogP contribution in [0, 0.1) is 12.8 Å². The van der Waals surface area contributed by atoms with Crippen LogP contribution < -0.4 is 5.32 Å². The average Bonchev–Trinajstić information content (AvgIpc) is 3.13. The maximum absolute atomic E-state index is 12.7. The van der Waals surface area contributed by atoms with Crippen molar-refractivity contribution in [3.8, 4) is 5.69 Å². The smallest absolute Gasteiger partial charge is 0.273 e. The van der Waals surface area contributed by atoms with E-state index in [4.69, 9.17) is 0 Å². The molecule has 2 aromatic rings. The van der Waals surface area contributed by atoms with E-state index in [1.165, 1.54) is 43.2 Å². The van der Waals surface area contributed by atoms with Gasteiger partial charge in [0.05, 0.1) is 18.0 Å². The third kappa shape index (κ3) is 4.85. The second-order valence-electron chi connectivity index (χ2n) is 8.31. The van der Waals surface area contributed by atoms with Gasteiger partial charge >= 0.3 is 0 Å². The Bertz CT molecular complexity index is 863. The third-order valence-corrected chi connectivity index (χ3v) is 6.35. The fraction of sp³-hybridized carbons (Fsp3) is 0.591. The molecule has 0 unspecified atom stereocenters. The van der Waals surface area contributed by atoms with Crippen molar-refractivity contribution in [3.63, 3.8) is 0 Å². The lowest BCUT2D eigenvalue weighted by atomic mass is 9.89. The Morgan fingerprint density at radius 2 is 2.07 bits per heavy atom. The Kier molecular flexibility index (Phi) is 7.86. The number of halogens is 1. The van der Waals surface area contributed by atoms with Gasteiger partial charge in [-0.3, -0.25) is 9.69 Å². The van der Waals surface area contributed by atoms with Crippen LogP contribution in [0.25, 0.3) is 5.69 Å². The van der Waals surface area contributed by atoms with Crippen molar-refractivity contribution < 1.29 is 9.90 Å². The molecule has 4 rings (SSSR count). The number of fused-ring (bicyclic) bond motifs is 1. The molecule has 2 N–H and O–H groups in total. The molecule has 1 aromatic carbocycles. The molecule has 0 saturated heterocycles. The Labute approximate surface area is 184 Å². The van der Waals surface area contributed by atoms with Crippen molar-refractivity contribution in [2.24, 2.45) is 5.92 Å². The van der Waals surface area contributed by atoms with E-state index in [1.807, 2.05) is 19.1 Å². The van der Waals surface area contributed by atoms with Crippen LogP contribution in [-0.4, -0.2) is 57.1 Å². The summed E-state index contributed by atoms with van der Waals surface area (Å²) in [4.78, 5) is 15.0. The second-order valence-corrected chi connectivity index (χ2v) is 8.31. The molecule has 1 aliphatic carbocycles. The lowest BCUT2D eigenvalue weighted by Gasteiger charge is -2.29. The van der Waals surface area contributed by atoms with Crippen LogP contribution in [0.2, 0.25) is 0 Å². The first-order chi connectivity index (χ1) is 14.2. The molecule has 1 aromatic heterocycles. The first kappa shape index (κ1) is 22.7. The molecule has 2 heterocycles. The predicted molar refractivity (Wildman–Crippen MR) is 118 cm³/mol. The molecule has 1 amide bonds. The number of amides is 1. The van der Waals surface area contributed by atoms with Crippen LogP contribution >= 0.6 is 12.4 Å². The number of benzene rings is 1. The standard InChI is InChI=1S/C22H31N5O2.ClH/c1-16-21(22(29)23-14-17-6-3-2-4-7-17)24-25-27(16)20-9-5-8-18-15-26(12-13-28)11-10-19(18)20;/h5,8-9,17,28H,2-4,6-7,10-15H2,1H3,(H,23,29);1H. The first-order valence-corrected chi connectivity index (χ1v) is 10.8. The van der Waals surface area contributed by atoms with E-state index < -0.39 is 0 Å². The summed E-state index contributed by atoms with van der Waals surface area (Å²) in [6.45, 7) is 5.25. The van der Waals surface area contributed by atoms with Gasteiger partial charge in [-0.05, 0) is 49.3 Å². The van der Waals surface area contributed by atoms with Gasteiger partial charge in [-0.2, -0.15) is 0 Å². The van der Waals surface area contributed by atoms with Gasteiger partial charge in [-0.15, -0.1) is 17.5 Å². The number of aliphatic hydroxyl groups is 1. The molecule has 0 radical (unpaired) electrons. The minimum Gasteiger partial charge on any atom is -0.395 e. The Hall–Kier alpha value is -1.96. The minimum absolute atomic E-state index is 0. The average molecular weight is 434 g/mol. The number of carbonyl (C=O) groups excluding carboxylic acids is 1. The SMILES string of the molecule is Cc1c(C(=O)NCC2CCCCC2)nnn1-c1cccc2c1CCN(CCO)C2.Cl. The van der Waals surface area contributed by atoms with Gasteiger partial charge in [-0.25, -0.2) is 4.68 Å². The highest BCUT2D eigenvalue weighted by atomic mass is 35.5. The molecule has 1 aliphatic heterocycles. The van der Waals surface area contributed by atoms with Gasteiger partial charge in [0, 0.05) is 26.2 Å². The number of nitrogens with zero attached hydrogens (tertiary/aromatic N) is 4. The van der Waals surface area contributed by atoms with Gasteiger partial charge in [0.15, 0.2) is 5.69 Å². The molecule has 0 atom stereocenters. The number of hydrogen-bond acceptors (Lipinski definition) is 5. The fourth-order valence-corrected chi connectivity index (χ4v) is 4.66. The van der Waals surface area contributed by atoms with Crippen molar-refractivity contribution in [3.05, 3.63) is 40.7 Å². The molecule has 0 spiro atoms. The Morgan fingerprint density at radius 1 is 1.27 bits per heavy atom. The summed E-state index contributed by atoms with van der Waals surface area (Å²) in [5.41, 5.74) is 4.69. The highest BCUT2D eigenvalue weighted by Crippen LogP contribution is 2.26. The monoisotopic (exact) mass is 433 g/mol. The molecule has 2 aliphatic rings. The Morgan fingerprint density at radius 3 is 2.83 bits per heavy atom. The molecular weight excluding hydrogens is 402 g/mol. The highest BCUT2D eigenvalue weighted by Gasteiger charge is 2.23. The van der Waals surface area contributed by atoms with Crippen molar-refractivity contribution in [1.82, 2.24) is 25.2 Å². The van der Waals surface area contributed by atoms with Crippen LogP contribution in [0.15, 0.2) is 18.2 Å². The highest BCUT2D eigenvalue weighted by molar-refractivity contribution is 5.93. The molecule has 30 heavy (non-hydrogen) atoms.